The fourth-order valence-corrected chi connectivity index (χ4v) is 1.75. The van der Waals surface area contributed by atoms with E-state index in [0.717, 1.165) is 25.7 Å². The fourth-order valence-electron chi connectivity index (χ4n) is 1.75. The van der Waals surface area contributed by atoms with Gasteiger partial charge >= 0.3 is 0 Å². The topological polar surface area (TPSA) is 24.1 Å². The Labute approximate surface area is 98.4 Å². The van der Waals surface area contributed by atoms with Crippen molar-refractivity contribution in [3.8, 4) is 0 Å². The minimum atomic E-state index is 0.845. The molecule has 0 amide bonds. The first-order valence-electron chi connectivity index (χ1n) is 6.34. The van der Waals surface area contributed by atoms with E-state index in [2.05, 4.69) is 41.8 Å². The van der Waals surface area contributed by atoms with Crippen LogP contribution in [0.15, 0.2) is 24.3 Å². The minimum absolute atomic E-state index is 0.845. The Kier molecular flexibility index (Phi) is 4.37. The molecule has 1 aromatic rings. The zero-order valence-corrected chi connectivity index (χ0v) is 10.1. The van der Waals surface area contributed by atoms with Gasteiger partial charge < -0.3 is 10.6 Å². The summed E-state index contributed by atoms with van der Waals surface area (Å²) in [5.41, 5.74) is 2.71. The van der Waals surface area contributed by atoms with Crippen LogP contribution in [0.1, 0.15) is 30.4 Å². The minimum Gasteiger partial charge on any atom is -0.314 e. The molecular formula is C14H22N2. The molecule has 0 aliphatic heterocycles. The van der Waals surface area contributed by atoms with Gasteiger partial charge in [-0.05, 0) is 44.8 Å². The summed E-state index contributed by atoms with van der Waals surface area (Å²) >= 11 is 0. The van der Waals surface area contributed by atoms with Gasteiger partial charge in [0.2, 0.25) is 0 Å². The van der Waals surface area contributed by atoms with Gasteiger partial charge in [-0.2, -0.15) is 0 Å². The molecule has 1 aliphatic carbocycles. The summed E-state index contributed by atoms with van der Waals surface area (Å²) in [6.07, 6.45) is 4.00. The average Bonchev–Trinajstić information content (AvgIpc) is 3.10. The second-order valence-electron chi connectivity index (χ2n) is 4.74. The normalized spacial score (nSPS) is 15.3. The lowest BCUT2D eigenvalue weighted by atomic mass is 10.1. The maximum atomic E-state index is 3.52. The average molecular weight is 218 g/mol. The van der Waals surface area contributed by atoms with E-state index in [4.69, 9.17) is 0 Å². The molecule has 1 fully saturated rings. The maximum absolute atomic E-state index is 3.52. The summed E-state index contributed by atoms with van der Waals surface area (Å²) in [5.74, 6) is 0. The van der Waals surface area contributed by atoms with Crippen molar-refractivity contribution < 1.29 is 0 Å². The van der Waals surface area contributed by atoms with Crippen molar-refractivity contribution in [1.82, 2.24) is 10.6 Å². The highest BCUT2D eigenvalue weighted by molar-refractivity contribution is 5.20. The number of nitrogens with one attached hydrogen (secondary N) is 2. The molecular weight excluding hydrogens is 196 g/mol. The van der Waals surface area contributed by atoms with Gasteiger partial charge in [0.1, 0.15) is 0 Å². The van der Waals surface area contributed by atoms with Crippen molar-refractivity contribution in [3.05, 3.63) is 35.4 Å². The standard InChI is InChI=1S/C14H22N2/c1-12-3-5-13(6-4-12)11-15-9-2-10-16-14-7-8-14/h3-6,14-16H,2,7-11H2,1H3. The van der Waals surface area contributed by atoms with Gasteiger partial charge in [0.15, 0.2) is 0 Å². The predicted octanol–water partition coefficient (Wildman–Crippen LogP) is 2.23. The Morgan fingerprint density at radius 3 is 2.56 bits per heavy atom. The molecule has 16 heavy (non-hydrogen) atoms. The quantitative estimate of drug-likeness (QED) is 0.686. The number of benzene rings is 1. The molecule has 2 heteroatoms. The van der Waals surface area contributed by atoms with Crippen molar-refractivity contribution in [2.75, 3.05) is 13.1 Å². The Morgan fingerprint density at radius 1 is 1.12 bits per heavy atom. The lowest BCUT2D eigenvalue weighted by Gasteiger charge is -2.06. The first-order valence-corrected chi connectivity index (χ1v) is 6.34. The van der Waals surface area contributed by atoms with E-state index in [0.29, 0.717) is 0 Å². The van der Waals surface area contributed by atoms with Crippen molar-refractivity contribution >= 4 is 0 Å². The number of aryl methyl sites for hydroxylation is 1. The van der Waals surface area contributed by atoms with E-state index >= 15 is 0 Å². The van der Waals surface area contributed by atoms with E-state index in [9.17, 15) is 0 Å². The summed E-state index contributed by atoms with van der Waals surface area (Å²) in [6.45, 7) is 5.38. The maximum Gasteiger partial charge on any atom is 0.0205 e. The van der Waals surface area contributed by atoms with E-state index in [1.54, 1.807) is 0 Å². The van der Waals surface area contributed by atoms with Crippen molar-refractivity contribution in [1.29, 1.82) is 0 Å². The highest BCUT2D eigenvalue weighted by Crippen LogP contribution is 2.18. The number of hydrogen-bond donors (Lipinski definition) is 2. The molecule has 2 N–H and O–H groups in total. The summed E-state index contributed by atoms with van der Waals surface area (Å²) in [7, 11) is 0. The molecule has 0 bridgehead atoms. The Hall–Kier alpha value is -0.860. The molecule has 0 radical (unpaired) electrons. The van der Waals surface area contributed by atoms with Gasteiger partial charge in [-0.15, -0.1) is 0 Å². The van der Waals surface area contributed by atoms with Gasteiger partial charge in [-0.3, -0.25) is 0 Å². The van der Waals surface area contributed by atoms with Crippen LogP contribution in [-0.4, -0.2) is 19.1 Å². The van der Waals surface area contributed by atoms with E-state index in [1.165, 1.54) is 30.4 Å². The van der Waals surface area contributed by atoms with E-state index in [1.807, 2.05) is 0 Å². The molecule has 0 saturated heterocycles. The van der Waals surface area contributed by atoms with Crippen molar-refractivity contribution in [2.45, 2.75) is 38.8 Å². The molecule has 0 unspecified atom stereocenters. The molecule has 88 valence electrons. The van der Waals surface area contributed by atoms with E-state index < -0.39 is 0 Å². The number of hydrogen-bond acceptors (Lipinski definition) is 2. The zero-order valence-electron chi connectivity index (χ0n) is 10.1. The third-order valence-electron chi connectivity index (χ3n) is 2.99. The lowest BCUT2D eigenvalue weighted by Crippen LogP contribution is -2.23. The SMILES string of the molecule is Cc1ccc(CNCCCNC2CC2)cc1. The Bertz CT molecular complexity index is 301. The monoisotopic (exact) mass is 218 g/mol. The Morgan fingerprint density at radius 2 is 1.88 bits per heavy atom. The van der Waals surface area contributed by atoms with Gasteiger partial charge in [0.25, 0.3) is 0 Å². The van der Waals surface area contributed by atoms with Crippen LogP contribution in [0.5, 0.6) is 0 Å². The van der Waals surface area contributed by atoms with Crippen LogP contribution in [0.4, 0.5) is 0 Å². The second-order valence-corrected chi connectivity index (χ2v) is 4.74. The van der Waals surface area contributed by atoms with Crippen molar-refractivity contribution in [3.63, 3.8) is 0 Å². The first kappa shape index (κ1) is 11.6. The largest absolute Gasteiger partial charge is 0.314 e. The fraction of sp³-hybridized carbons (Fsp3) is 0.571. The molecule has 1 saturated carbocycles. The van der Waals surface area contributed by atoms with Crippen LogP contribution in [0.2, 0.25) is 0 Å². The van der Waals surface area contributed by atoms with Crippen LogP contribution in [0, 0.1) is 6.92 Å². The molecule has 0 spiro atoms. The summed E-state index contributed by atoms with van der Waals surface area (Å²) in [4.78, 5) is 0. The molecule has 2 rings (SSSR count). The first-order chi connectivity index (χ1) is 7.84. The van der Waals surface area contributed by atoms with Crippen LogP contribution in [-0.2, 0) is 6.54 Å². The molecule has 1 aromatic carbocycles. The smallest absolute Gasteiger partial charge is 0.0205 e. The summed E-state index contributed by atoms with van der Waals surface area (Å²) in [6, 6.07) is 9.59. The van der Waals surface area contributed by atoms with Crippen LogP contribution < -0.4 is 10.6 Å². The highest BCUT2D eigenvalue weighted by Gasteiger charge is 2.19. The van der Waals surface area contributed by atoms with Gasteiger partial charge in [-0.25, -0.2) is 0 Å². The third kappa shape index (κ3) is 4.33. The van der Waals surface area contributed by atoms with E-state index in [-0.39, 0.29) is 0 Å². The van der Waals surface area contributed by atoms with Crippen LogP contribution in [0.3, 0.4) is 0 Å². The van der Waals surface area contributed by atoms with Gasteiger partial charge in [0, 0.05) is 12.6 Å². The highest BCUT2D eigenvalue weighted by atomic mass is 14.9. The lowest BCUT2D eigenvalue weighted by molar-refractivity contribution is 0.593. The third-order valence-corrected chi connectivity index (χ3v) is 2.99. The zero-order chi connectivity index (χ0) is 11.2. The molecule has 2 nitrogen and oxygen atoms in total. The van der Waals surface area contributed by atoms with Crippen LogP contribution >= 0.6 is 0 Å². The number of rotatable bonds is 7. The predicted molar refractivity (Wildman–Crippen MR) is 68.5 cm³/mol. The Balaban J connectivity index is 1.51. The molecule has 0 aromatic heterocycles. The summed E-state index contributed by atoms with van der Waals surface area (Å²) < 4.78 is 0. The van der Waals surface area contributed by atoms with Crippen LogP contribution in [0.25, 0.3) is 0 Å². The van der Waals surface area contributed by atoms with Crippen molar-refractivity contribution in [2.24, 2.45) is 0 Å². The van der Waals surface area contributed by atoms with Gasteiger partial charge in [0.05, 0.1) is 0 Å². The molecule has 0 atom stereocenters. The molecule has 0 heterocycles. The molecule has 1 aliphatic rings. The van der Waals surface area contributed by atoms with Gasteiger partial charge in [-0.1, -0.05) is 29.8 Å². The second kappa shape index (κ2) is 6.02. The summed E-state index contributed by atoms with van der Waals surface area (Å²) in [5, 5.41) is 7.00.